The lowest BCUT2D eigenvalue weighted by molar-refractivity contribution is -0.118. The number of carbonyl (C=O) groups excluding carboxylic acids is 1. The number of carbonyl (C=O) groups is 1. The standard InChI is InChI=1S/C22H21ClN2O4S2/c1-29-19-10-9-15(13-17(19)23)18-14-30-21(24-18)25-20(26)22(11-5-6-12-22)31(27,28)16-7-3-2-4-8-16/h2-4,7-10,13-14H,5-6,11-12H2,1H3,(H,24,25,26). The van der Waals surface area contributed by atoms with Gasteiger partial charge in [-0.25, -0.2) is 13.4 Å². The Bertz CT molecular complexity index is 1200. The normalized spacial score (nSPS) is 15.5. The second kappa shape index (κ2) is 8.61. The van der Waals surface area contributed by atoms with E-state index < -0.39 is 20.5 Å². The van der Waals surface area contributed by atoms with Crippen molar-refractivity contribution in [2.75, 3.05) is 12.4 Å². The number of halogens is 1. The Morgan fingerprint density at radius 1 is 1.16 bits per heavy atom. The number of thiazole rings is 1. The van der Waals surface area contributed by atoms with Gasteiger partial charge in [-0.3, -0.25) is 4.79 Å². The van der Waals surface area contributed by atoms with Gasteiger partial charge in [-0.05, 0) is 43.2 Å². The zero-order chi connectivity index (χ0) is 22.1. The summed E-state index contributed by atoms with van der Waals surface area (Å²) in [5, 5.41) is 5.36. The van der Waals surface area contributed by atoms with Crippen LogP contribution in [0.4, 0.5) is 5.13 Å². The van der Waals surface area contributed by atoms with Crippen molar-refractivity contribution >= 4 is 43.8 Å². The molecule has 0 radical (unpaired) electrons. The first kappa shape index (κ1) is 21.8. The van der Waals surface area contributed by atoms with Gasteiger partial charge in [0.15, 0.2) is 19.7 Å². The molecule has 9 heteroatoms. The summed E-state index contributed by atoms with van der Waals surface area (Å²) in [6, 6.07) is 13.5. The highest BCUT2D eigenvalue weighted by atomic mass is 35.5. The van der Waals surface area contributed by atoms with Gasteiger partial charge in [0.1, 0.15) is 5.75 Å². The maximum absolute atomic E-state index is 13.4. The summed E-state index contributed by atoms with van der Waals surface area (Å²) >= 11 is 7.44. The van der Waals surface area contributed by atoms with Crippen LogP contribution in [-0.4, -0.2) is 31.2 Å². The molecule has 0 bridgehead atoms. The van der Waals surface area contributed by atoms with Crippen LogP contribution in [0.25, 0.3) is 11.3 Å². The van der Waals surface area contributed by atoms with E-state index in [1.165, 1.54) is 23.5 Å². The Morgan fingerprint density at radius 3 is 2.52 bits per heavy atom. The van der Waals surface area contributed by atoms with Crippen LogP contribution in [0.2, 0.25) is 5.02 Å². The fourth-order valence-electron chi connectivity index (χ4n) is 3.89. The van der Waals surface area contributed by atoms with Crippen LogP contribution < -0.4 is 10.1 Å². The van der Waals surface area contributed by atoms with Gasteiger partial charge < -0.3 is 10.1 Å². The van der Waals surface area contributed by atoms with Crippen LogP contribution in [0, 0.1) is 0 Å². The molecule has 3 aromatic rings. The molecule has 1 fully saturated rings. The van der Waals surface area contributed by atoms with Crippen LogP contribution >= 0.6 is 22.9 Å². The quantitative estimate of drug-likeness (QED) is 0.528. The smallest absolute Gasteiger partial charge is 0.248 e. The molecule has 1 aliphatic rings. The summed E-state index contributed by atoms with van der Waals surface area (Å²) < 4.78 is 30.5. The molecule has 0 unspecified atom stereocenters. The largest absolute Gasteiger partial charge is 0.495 e. The average molecular weight is 477 g/mol. The van der Waals surface area contributed by atoms with Crippen molar-refractivity contribution in [1.29, 1.82) is 0 Å². The molecule has 0 atom stereocenters. The van der Waals surface area contributed by atoms with Crippen molar-refractivity contribution in [3.63, 3.8) is 0 Å². The third-order valence-corrected chi connectivity index (χ3v) is 9.13. The molecule has 1 aromatic heterocycles. The van der Waals surface area contributed by atoms with E-state index in [9.17, 15) is 13.2 Å². The lowest BCUT2D eigenvalue weighted by Gasteiger charge is -2.27. The molecule has 162 valence electrons. The predicted molar refractivity (Wildman–Crippen MR) is 123 cm³/mol. The minimum absolute atomic E-state index is 0.166. The number of aromatic nitrogens is 1. The molecule has 1 aliphatic carbocycles. The highest BCUT2D eigenvalue weighted by Crippen LogP contribution is 2.42. The zero-order valence-corrected chi connectivity index (χ0v) is 19.2. The number of amides is 1. The van der Waals surface area contributed by atoms with Crippen molar-refractivity contribution in [3.05, 3.63) is 58.9 Å². The van der Waals surface area contributed by atoms with E-state index in [0.717, 1.165) is 5.56 Å². The van der Waals surface area contributed by atoms with Gasteiger partial charge >= 0.3 is 0 Å². The number of methoxy groups -OCH3 is 1. The molecule has 31 heavy (non-hydrogen) atoms. The van der Waals surface area contributed by atoms with Crippen molar-refractivity contribution in [3.8, 4) is 17.0 Å². The Labute approximate surface area is 190 Å². The van der Waals surface area contributed by atoms with Crippen LogP contribution in [0.15, 0.2) is 58.8 Å². The van der Waals surface area contributed by atoms with E-state index in [1.54, 1.807) is 42.8 Å². The van der Waals surface area contributed by atoms with Crippen molar-refractivity contribution in [1.82, 2.24) is 4.98 Å². The van der Waals surface area contributed by atoms with Crippen LogP contribution in [0.1, 0.15) is 25.7 Å². The van der Waals surface area contributed by atoms with Gasteiger partial charge in [0, 0.05) is 10.9 Å². The summed E-state index contributed by atoms with van der Waals surface area (Å²) in [6.07, 6.45) is 1.96. The zero-order valence-electron chi connectivity index (χ0n) is 16.8. The van der Waals surface area contributed by atoms with Gasteiger partial charge in [0.2, 0.25) is 5.91 Å². The number of sulfone groups is 1. The molecule has 4 rings (SSSR count). The number of nitrogens with zero attached hydrogens (tertiary/aromatic N) is 1. The van der Waals surface area contributed by atoms with Gasteiger partial charge in [-0.15, -0.1) is 11.3 Å². The molecule has 0 spiro atoms. The van der Waals surface area contributed by atoms with E-state index in [2.05, 4.69) is 10.3 Å². The van der Waals surface area contributed by atoms with Gasteiger partial charge in [-0.1, -0.05) is 42.6 Å². The molecule has 1 amide bonds. The maximum Gasteiger partial charge on any atom is 0.248 e. The predicted octanol–water partition coefficient (Wildman–Crippen LogP) is 5.20. The number of ether oxygens (including phenoxy) is 1. The number of anilines is 1. The first-order chi connectivity index (χ1) is 14.9. The van der Waals surface area contributed by atoms with Gasteiger partial charge in [-0.2, -0.15) is 0 Å². The van der Waals surface area contributed by atoms with Gasteiger partial charge in [0.05, 0.1) is 22.7 Å². The highest BCUT2D eigenvalue weighted by molar-refractivity contribution is 7.93. The third-order valence-electron chi connectivity index (χ3n) is 5.57. The Balaban J connectivity index is 1.61. The molecule has 6 nitrogen and oxygen atoms in total. The van der Waals surface area contributed by atoms with Gasteiger partial charge in [0.25, 0.3) is 0 Å². The molecule has 1 heterocycles. The van der Waals surface area contributed by atoms with Crippen molar-refractivity contribution in [2.24, 2.45) is 0 Å². The third kappa shape index (κ3) is 3.95. The summed E-state index contributed by atoms with van der Waals surface area (Å²) in [4.78, 5) is 17.9. The molecule has 0 saturated heterocycles. The maximum atomic E-state index is 13.4. The minimum Gasteiger partial charge on any atom is -0.495 e. The molecule has 0 aliphatic heterocycles. The summed E-state index contributed by atoms with van der Waals surface area (Å²) in [5.41, 5.74) is 1.41. The van der Waals surface area contributed by atoms with E-state index in [0.29, 0.717) is 47.3 Å². The Hall–Kier alpha value is -2.42. The number of hydrogen-bond acceptors (Lipinski definition) is 6. The summed E-state index contributed by atoms with van der Waals surface area (Å²) in [6.45, 7) is 0. The lowest BCUT2D eigenvalue weighted by Crippen LogP contribution is -2.47. The van der Waals surface area contributed by atoms with E-state index in [4.69, 9.17) is 16.3 Å². The number of benzene rings is 2. The SMILES string of the molecule is COc1ccc(-c2csc(NC(=O)C3(S(=O)(=O)c4ccccc4)CCCC3)n2)cc1Cl. The molecular weight excluding hydrogens is 456 g/mol. The molecular formula is C22H21ClN2O4S2. The Kier molecular flexibility index (Phi) is 6.05. The summed E-state index contributed by atoms with van der Waals surface area (Å²) in [5.74, 6) is 0.0333. The van der Waals surface area contributed by atoms with E-state index in [1.807, 2.05) is 6.07 Å². The van der Waals surface area contributed by atoms with E-state index >= 15 is 0 Å². The first-order valence-electron chi connectivity index (χ1n) is 9.78. The Morgan fingerprint density at radius 2 is 1.87 bits per heavy atom. The molecule has 1 N–H and O–H groups in total. The topological polar surface area (TPSA) is 85.4 Å². The minimum atomic E-state index is -3.84. The summed E-state index contributed by atoms with van der Waals surface area (Å²) in [7, 11) is -2.30. The first-order valence-corrected chi connectivity index (χ1v) is 12.5. The highest BCUT2D eigenvalue weighted by Gasteiger charge is 2.53. The second-order valence-electron chi connectivity index (χ2n) is 7.36. The number of nitrogens with one attached hydrogen (secondary N) is 1. The second-order valence-corrected chi connectivity index (χ2v) is 10.9. The lowest BCUT2D eigenvalue weighted by atomic mass is 10.1. The van der Waals surface area contributed by atoms with E-state index in [-0.39, 0.29) is 4.90 Å². The fourth-order valence-corrected chi connectivity index (χ4v) is 6.95. The van der Waals surface area contributed by atoms with Crippen LogP contribution in [0.5, 0.6) is 5.75 Å². The van der Waals surface area contributed by atoms with Crippen LogP contribution in [0.3, 0.4) is 0 Å². The van der Waals surface area contributed by atoms with Crippen molar-refractivity contribution in [2.45, 2.75) is 35.3 Å². The molecule has 1 saturated carbocycles. The molecule has 2 aromatic carbocycles. The van der Waals surface area contributed by atoms with Crippen molar-refractivity contribution < 1.29 is 17.9 Å². The number of hydrogen-bond donors (Lipinski definition) is 1. The fraction of sp³-hybridized carbons (Fsp3) is 0.273. The average Bonchev–Trinajstić information content (AvgIpc) is 3.45. The van der Waals surface area contributed by atoms with Crippen LogP contribution in [-0.2, 0) is 14.6 Å². The number of rotatable bonds is 6. The monoisotopic (exact) mass is 476 g/mol.